The summed E-state index contributed by atoms with van der Waals surface area (Å²) in [5, 5.41) is 0. The summed E-state index contributed by atoms with van der Waals surface area (Å²) < 4.78 is 6.76. The van der Waals surface area contributed by atoms with Crippen molar-refractivity contribution in [3.05, 3.63) is 58.6 Å². The number of hydrogen-bond donors (Lipinski definition) is 0. The average Bonchev–Trinajstić information content (AvgIpc) is 2.33. The van der Waals surface area contributed by atoms with Gasteiger partial charge in [-0.3, -0.25) is 0 Å². The van der Waals surface area contributed by atoms with Crippen LogP contribution in [-0.2, 0) is 6.42 Å². The van der Waals surface area contributed by atoms with E-state index < -0.39 is 0 Å². The molecule has 0 bridgehead atoms. The summed E-state index contributed by atoms with van der Waals surface area (Å²) in [7, 11) is 0. The van der Waals surface area contributed by atoms with Crippen LogP contribution in [0.15, 0.2) is 53.0 Å². The summed E-state index contributed by atoms with van der Waals surface area (Å²) in [4.78, 5) is 0. The Morgan fingerprint density at radius 1 is 1.06 bits per heavy atom. The minimum Gasteiger partial charge on any atom is -0.456 e. The Hall–Kier alpha value is -1.28. The molecule has 0 saturated carbocycles. The maximum atomic E-state index is 5.76. The van der Waals surface area contributed by atoms with Crippen LogP contribution in [0.1, 0.15) is 12.5 Å². The Balaban J connectivity index is 2.22. The minimum atomic E-state index is 0.850. The summed E-state index contributed by atoms with van der Waals surface area (Å²) >= 11 is 3.52. The Morgan fingerprint density at radius 3 is 2.44 bits per heavy atom. The van der Waals surface area contributed by atoms with Gasteiger partial charge in [0.25, 0.3) is 0 Å². The molecule has 0 aliphatic heterocycles. The zero-order valence-electron chi connectivity index (χ0n) is 9.11. The van der Waals surface area contributed by atoms with Gasteiger partial charge in [-0.05, 0) is 52.2 Å². The van der Waals surface area contributed by atoms with Crippen molar-refractivity contribution in [1.29, 1.82) is 0 Å². The van der Waals surface area contributed by atoms with Gasteiger partial charge in [0, 0.05) is 0 Å². The largest absolute Gasteiger partial charge is 0.456 e. The second-order valence-electron chi connectivity index (χ2n) is 3.53. The molecule has 0 fully saturated rings. The molecule has 0 spiro atoms. The topological polar surface area (TPSA) is 9.23 Å². The van der Waals surface area contributed by atoms with Gasteiger partial charge in [0.15, 0.2) is 0 Å². The van der Waals surface area contributed by atoms with Crippen LogP contribution < -0.4 is 4.74 Å². The smallest absolute Gasteiger partial charge is 0.141 e. The molecule has 1 nitrogen and oxygen atoms in total. The van der Waals surface area contributed by atoms with E-state index in [2.05, 4.69) is 35.0 Å². The maximum absolute atomic E-state index is 5.76. The van der Waals surface area contributed by atoms with Crippen LogP contribution in [0.3, 0.4) is 0 Å². The van der Waals surface area contributed by atoms with E-state index in [4.69, 9.17) is 4.74 Å². The van der Waals surface area contributed by atoms with E-state index in [0.29, 0.717) is 0 Å². The molecule has 0 N–H and O–H groups in total. The standard InChI is InChI=1S/C14H13BrO/c1-2-11-8-9-14(13(15)10-11)16-12-6-4-3-5-7-12/h3-10H,2H2,1H3. The van der Waals surface area contributed by atoms with Gasteiger partial charge < -0.3 is 4.74 Å². The third kappa shape index (κ3) is 2.64. The number of aryl methyl sites for hydroxylation is 1. The molecule has 2 aromatic carbocycles. The first-order valence-corrected chi connectivity index (χ1v) is 6.10. The van der Waals surface area contributed by atoms with Crippen LogP contribution in [0.4, 0.5) is 0 Å². The third-order valence-electron chi connectivity index (χ3n) is 2.38. The summed E-state index contributed by atoms with van der Waals surface area (Å²) in [6, 6.07) is 16.0. The molecule has 0 unspecified atom stereocenters. The average molecular weight is 277 g/mol. The fraction of sp³-hybridized carbons (Fsp3) is 0.143. The van der Waals surface area contributed by atoms with E-state index >= 15 is 0 Å². The summed E-state index contributed by atoms with van der Waals surface area (Å²) in [6.45, 7) is 2.14. The molecule has 0 amide bonds. The van der Waals surface area contributed by atoms with E-state index in [1.807, 2.05) is 36.4 Å². The Kier molecular flexibility index (Phi) is 3.62. The lowest BCUT2D eigenvalue weighted by Crippen LogP contribution is -1.87. The molecule has 0 saturated heterocycles. The van der Waals surface area contributed by atoms with Crippen molar-refractivity contribution in [2.24, 2.45) is 0 Å². The molecule has 82 valence electrons. The molecule has 16 heavy (non-hydrogen) atoms. The van der Waals surface area contributed by atoms with E-state index in [1.165, 1.54) is 5.56 Å². The lowest BCUT2D eigenvalue weighted by atomic mass is 10.2. The van der Waals surface area contributed by atoms with Gasteiger partial charge in [0.05, 0.1) is 4.47 Å². The number of halogens is 1. The van der Waals surface area contributed by atoms with E-state index in [-0.39, 0.29) is 0 Å². The van der Waals surface area contributed by atoms with E-state index in [0.717, 1.165) is 22.4 Å². The van der Waals surface area contributed by atoms with Crippen LogP contribution in [0.5, 0.6) is 11.5 Å². The highest BCUT2D eigenvalue weighted by molar-refractivity contribution is 9.10. The fourth-order valence-electron chi connectivity index (χ4n) is 1.46. The molecule has 2 heteroatoms. The van der Waals surface area contributed by atoms with Crippen molar-refractivity contribution in [3.63, 3.8) is 0 Å². The van der Waals surface area contributed by atoms with Gasteiger partial charge in [-0.1, -0.05) is 31.2 Å². The van der Waals surface area contributed by atoms with E-state index in [1.54, 1.807) is 0 Å². The van der Waals surface area contributed by atoms with E-state index in [9.17, 15) is 0 Å². The minimum absolute atomic E-state index is 0.850. The molecule has 0 aliphatic rings. The van der Waals surface area contributed by atoms with Gasteiger partial charge in [-0.2, -0.15) is 0 Å². The maximum Gasteiger partial charge on any atom is 0.141 e. The highest BCUT2D eigenvalue weighted by atomic mass is 79.9. The van der Waals surface area contributed by atoms with Crippen molar-refractivity contribution < 1.29 is 4.74 Å². The molecule has 0 radical (unpaired) electrons. The molecule has 0 heterocycles. The highest BCUT2D eigenvalue weighted by Gasteiger charge is 2.02. The highest BCUT2D eigenvalue weighted by Crippen LogP contribution is 2.30. The fourth-order valence-corrected chi connectivity index (χ4v) is 1.97. The van der Waals surface area contributed by atoms with Crippen molar-refractivity contribution >= 4 is 15.9 Å². The summed E-state index contributed by atoms with van der Waals surface area (Å²) in [6.07, 6.45) is 1.03. The third-order valence-corrected chi connectivity index (χ3v) is 3.00. The number of ether oxygens (including phenoxy) is 1. The number of hydrogen-bond acceptors (Lipinski definition) is 1. The SMILES string of the molecule is CCc1ccc(Oc2ccccc2)c(Br)c1. The second kappa shape index (κ2) is 5.17. The van der Waals surface area contributed by atoms with Crippen LogP contribution in [0.25, 0.3) is 0 Å². The van der Waals surface area contributed by atoms with Crippen molar-refractivity contribution in [2.75, 3.05) is 0 Å². The number of para-hydroxylation sites is 1. The van der Waals surface area contributed by atoms with Crippen LogP contribution in [0.2, 0.25) is 0 Å². The van der Waals surface area contributed by atoms with Gasteiger partial charge >= 0.3 is 0 Å². The van der Waals surface area contributed by atoms with Gasteiger partial charge in [0.1, 0.15) is 11.5 Å². The summed E-state index contributed by atoms with van der Waals surface area (Å²) in [5.41, 5.74) is 1.30. The Morgan fingerprint density at radius 2 is 1.81 bits per heavy atom. The van der Waals surface area contributed by atoms with Gasteiger partial charge in [-0.25, -0.2) is 0 Å². The van der Waals surface area contributed by atoms with Crippen molar-refractivity contribution in [3.8, 4) is 11.5 Å². The zero-order chi connectivity index (χ0) is 11.4. The molecular formula is C14H13BrO. The molecule has 0 atom stereocenters. The van der Waals surface area contributed by atoms with Gasteiger partial charge in [0.2, 0.25) is 0 Å². The summed E-state index contributed by atoms with van der Waals surface area (Å²) in [5.74, 6) is 1.70. The predicted molar refractivity (Wildman–Crippen MR) is 70.0 cm³/mol. The molecule has 0 aromatic heterocycles. The Labute approximate surface area is 104 Å². The zero-order valence-corrected chi connectivity index (χ0v) is 10.7. The molecular weight excluding hydrogens is 264 g/mol. The first-order valence-electron chi connectivity index (χ1n) is 5.31. The number of benzene rings is 2. The number of rotatable bonds is 3. The molecule has 2 rings (SSSR count). The van der Waals surface area contributed by atoms with Crippen LogP contribution in [0, 0.1) is 0 Å². The molecule has 2 aromatic rings. The normalized spacial score (nSPS) is 10.1. The Bertz CT molecular complexity index is 465. The molecule has 0 aliphatic carbocycles. The first kappa shape index (κ1) is 11.2. The second-order valence-corrected chi connectivity index (χ2v) is 4.39. The predicted octanol–water partition coefficient (Wildman–Crippen LogP) is 4.80. The van der Waals surface area contributed by atoms with Gasteiger partial charge in [-0.15, -0.1) is 0 Å². The quantitative estimate of drug-likeness (QED) is 0.782. The van der Waals surface area contributed by atoms with Crippen molar-refractivity contribution in [1.82, 2.24) is 0 Å². The van der Waals surface area contributed by atoms with Crippen LogP contribution >= 0.6 is 15.9 Å². The van der Waals surface area contributed by atoms with Crippen molar-refractivity contribution in [2.45, 2.75) is 13.3 Å². The lowest BCUT2D eigenvalue weighted by Gasteiger charge is -2.08. The first-order chi connectivity index (χ1) is 7.79. The van der Waals surface area contributed by atoms with Crippen LogP contribution in [-0.4, -0.2) is 0 Å². The lowest BCUT2D eigenvalue weighted by molar-refractivity contribution is 0.479. The monoisotopic (exact) mass is 276 g/mol.